The Labute approximate surface area is 133 Å². The first-order valence-corrected chi connectivity index (χ1v) is 7.31. The van der Waals surface area contributed by atoms with Crippen LogP contribution in [-0.4, -0.2) is 47.2 Å². The highest BCUT2D eigenvalue weighted by atomic mass is 16.5. The molecule has 1 aromatic carbocycles. The van der Waals surface area contributed by atoms with Crippen molar-refractivity contribution >= 4 is 11.8 Å². The van der Waals surface area contributed by atoms with E-state index in [2.05, 4.69) is 10.4 Å². The Morgan fingerprint density at radius 2 is 2.00 bits per heavy atom. The van der Waals surface area contributed by atoms with Crippen molar-refractivity contribution in [3.8, 4) is 5.75 Å². The number of nitrogens with one attached hydrogen (secondary N) is 1. The van der Waals surface area contributed by atoms with Gasteiger partial charge in [-0.3, -0.25) is 14.3 Å². The number of hydrogen-bond donors (Lipinski definition) is 1. The average molecular weight is 314 g/mol. The number of carbonyl (C=O) groups is 2. The Morgan fingerprint density at radius 3 is 2.65 bits per heavy atom. The fourth-order valence-corrected chi connectivity index (χ4v) is 2.73. The van der Waals surface area contributed by atoms with E-state index >= 15 is 0 Å². The minimum atomic E-state index is -0.513. The molecule has 2 aromatic rings. The zero-order valence-electron chi connectivity index (χ0n) is 13.0. The lowest BCUT2D eigenvalue weighted by Gasteiger charge is -2.33. The molecule has 0 bridgehead atoms. The molecule has 1 N–H and O–H groups in total. The van der Waals surface area contributed by atoms with E-state index < -0.39 is 6.04 Å². The van der Waals surface area contributed by atoms with Gasteiger partial charge in [0.25, 0.3) is 5.91 Å². The van der Waals surface area contributed by atoms with Crippen LogP contribution in [0.1, 0.15) is 22.1 Å². The maximum absolute atomic E-state index is 12.7. The Hall–Kier alpha value is -2.83. The van der Waals surface area contributed by atoms with Crippen LogP contribution in [-0.2, 0) is 11.3 Å². The van der Waals surface area contributed by atoms with Crippen LogP contribution in [0.4, 0.5) is 0 Å². The molecule has 1 aliphatic heterocycles. The molecule has 1 aromatic heterocycles. The van der Waals surface area contributed by atoms with Crippen LogP contribution >= 0.6 is 0 Å². The summed E-state index contributed by atoms with van der Waals surface area (Å²) in [7, 11) is 3.16. The first kappa shape index (κ1) is 15.1. The van der Waals surface area contributed by atoms with Crippen LogP contribution in [0.2, 0.25) is 0 Å². The monoisotopic (exact) mass is 314 g/mol. The third-order valence-electron chi connectivity index (χ3n) is 3.97. The highest BCUT2D eigenvalue weighted by molar-refractivity contribution is 5.95. The summed E-state index contributed by atoms with van der Waals surface area (Å²) >= 11 is 0. The minimum absolute atomic E-state index is 0.117. The fourth-order valence-electron chi connectivity index (χ4n) is 2.73. The van der Waals surface area contributed by atoms with Gasteiger partial charge in [-0.15, -0.1) is 0 Å². The smallest absolute Gasteiger partial charge is 0.254 e. The summed E-state index contributed by atoms with van der Waals surface area (Å²) in [5.41, 5.74) is 1.40. The molecular weight excluding hydrogens is 296 g/mol. The van der Waals surface area contributed by atoms with Crippen LogP contribution < -0.4 is 10.1 Å². The predicted octanol–water partition coefficient (Wildman–Crippen LogP) is 0.835. The number of benzene rings is 1. The minimum Gasteiger partial charge on any atom is -0.497 e. The molecule has 2 amide bonds. The van der Waals surface area contributed by atoms with E-state index in [-0.39, 0.29) is 11.8 Å². The zero-order chi connectivity index (χ0) is 16.4. The molecule has 1 aliphatic rings. The Kier molecular flexibility index (Phi) is 4.01. The lowest BCUT2D eigenvalue weighted by Crippen LogP contribution is -2.46. The van der Waals surface area contributed by atoms with Crippen molar-refractivity contribution in [1.82, 2.24) is 20.0 Å². The lowest BCUT2D eigenvalue weighted by atomic mass is 10.1. The summed E-state index contributed by atoms with van der Waals surface area (Å²) in [6, 6.07) is 8.25. The predicted molar refractivity (Wildman–Crippen MR) is 83.1 cm³/mol. The van der Waals surface area contributed by atoms with Gasteiger partial charge in [-0.1, -0.05) is 0 Å². The number of fused-ring (bicyclic) bond motifs is 1. The van der Waals surface area contributed by atoms with Crippen LogP contribution in [0.3, 0.4) is 0 Å². The number of likely N-dealkylation sites (N-methyl/N-ethyl adjacent to an activating group) is 1. The number of carbonyl (C=O) groups excluding carboxylic acids is 2. The molecule has 0 radical (unpaired) electrons. The van der Waals surface area contributed by atoms with Gasteiger partial charge in [0.2, 0.25) is 5.91 Å². The van der Waals surface area contributed by atoms with Crippen LogP contribution in [0, 0.1) is 0 Å². The first-order chi connectivity index (χ1) is 11.1. The van der Waals surface area contributed by atoms with Gasteiger partial charge in [0, 0.05) is 18.8 Å². The molecule has 1 unspecified atom stereocenters. The van der Waals surface area contributed by atoms with Crippen molar-refractivity contribution in [2.24, 2.45) is 0 Å². The third-order valence-corrected chi connectivity index (χ3v) is 3.97. The van der Waals surface area contributed by atoms with E-state index in [0.29, 0.717) is 24.4 Å². The van der Waals surface area contributed by atoms with Crippen molar-refractivity contribution in [1.29, 1.82) is 0 Å². The van der Waals surface area contributed by atoms with E-state index in [1.165, 1.54) is 0 Å². The quantitative estimate of drug-likeness (QED) is 0.910. The molecule has 0 spiro atoms. The number of rotatable bonds is 3. The van der Waals surface area contributed by atoms with Crippen LogP contribution in [0.5, 0.6) is 5.75 Å². The van der Waals surface area contributed by atoms with Crippen molar-refractivity contribution in [3.05, 3.63) is 47.8 Å². The SMILES string of the molecule is CNC(=O)C1CN(C(=O)c2ccc(OC)cc2)Cc2ccnn21. The van der Waals surface area contributed by atoms with Gasteiger partial charge in [-0.05, 0) is 30.3 Å². The summed E-state index contributed by atoms with van der Waals surface area (Å²) in [6.45, 7) is 0.720. The second kappa shape index (κ2) is 6.12. The van der Waals surface area contributed by atoms with Gasteiger partial charge in [0.05, 0.1) is 25.9 Å². The Bertz CT molecular complexity index is 723. The van der Waals surface area contributed by atoms with Crippen molar-refractivity contribution < 1.29 is 14.3 Å². The second-order valence-electron chi connectivity index (χ2n) is 5.31. The molecule has 23 heavy (non-hydrogen) atoms. The van der Waals surface area contributed by atoms with E-state index in [1.54, 1.807) is 54.2 Å². The molecule has 7 heteroatoms. The van der Waals surface area contributed by atoms with Crippen LogP contribution in [0.25, 0.3) is 0 Å². The molecule has 2 heterocycles. The standard InChI is InChI=1S/C16H18N4O3/c1-17-15(21)14-10-19(9-12-7-8-18-20(12)14)16(22)11-3-5-13(23-2)6-4-11/h3-8,14H,9-10H2,1-2H3,(H,17,21). The Morgan fingerprint density at radius 1 is 1.26 bits per heavy atom. The lowest BCUT2D eigenvalue weighted by molar-refractivity contribution is -0.125. The maximum atomic E-state index is 12.7. The molecular formula is C16H18N4O3. The molecule has 1 atom stereocenters. The van der Waals surface area contributed by atoms with Crippen molar-refractivity contribution in [3.63, 3.8) is 0 Å². The highest BCUT2D eigenvalue weighted by Gasteiger charge is 2.32. The summed E-state index contributed by atoms with van der Waals surface area (Å²) in [5, 5.41) is 6.82. The van der Waals surface area contributed by atoms with Gasteiger partial charge in [0.15, 0.2) is 0 Å². The number of aromatic nitrogens is 2. The number of amides is 2. The number of methoxy groups -OCH3 is 1. The van der Waals surface area contributed by atoms with Crippen LogP contribution in [0.15, 0.2) is 36.5 Å². The van der Waals surface area contributed by atoms with Crippen molar-refractivity contribution in [2.45, 2.75) is 12.6 Å². The van der Waals surface area contributed by atoms with E-state index in [1.807, 2.05) is 6.07 Å². The first-order valence-electron chi connectivity index (χ1n) is 7.31. The van der Waals surface area contributed by atoms with E-state index in [0.717, 1.165) is 5.69 Å². The molecule has 0 aliphatic carbocycles. The van der Waals surface area contributed by atoms with Gasteiger partial charge in [-0.2, -0.15) is 5.10 Å². The van der Waals surface area contributed by atoms with Crippen molar-refractivity contribution in [2.75, 3.05) is 20.7 Å². The van der Waals surface area contributed by atoms with Gasteiger partial charge >= 0.3 is 0 Å². The average Bonchev–Trinajstić information content (AvgIpc) is 3.08. The largest absolute Gasteiger partial charge is 0.497 e. The molecule has 120 valence electrons. The normalized spacial score (nSPS) is 16.6. The second-order valence-corrected chi connectivity index (χ2v) is 5.31. The highest BCUT2D eigenvalue weighted by Crippen LogP contribution is 2.23. The maximum Gasteiger partial charge on any atom is 0.254 e. The summed E-state index contributed by atoms with van der Waals surface area (Å²) < 4.78 is 6.78. The zero-order valence-corrected chi connectivity index (χ0v) is 13.0. The molecule has 0 saturated carbocycles. The molecule has 7 nitrogen and oxygen atoms in total. The summed E-state index contributed by atoms with van der Waals surface area (Å²) in [6.07, 6.45) is 1.65. The van der Waals surface area contributed by atoms with Gasteiger partial charge in [0.1, 0.15) is 11.8 Å². The Balaban J connectivity index is 1.85. The summed E-state index contributed by atoms with van der Waals surface area (Å²) in [4.78, 5) is 26.5. The molecule has 0 fully saturated rings. The van der Waals surface area contributed by atoms with Gasteiger partial charge in [-0.25, -0.2) is 0 Å². The number of ether oxygens (including phenoxy) is 1. The fraction of sp³-hybridized carbons (Fsp3) is 0.312. The third kappa shape index (κ3) is 2.77. The van der Waals surface area contributed by atoms with E-state index in [4.69, 9.17) is 4.74 Å². The van der Waals surface area contributed by atoms with Gasteiger partial charge < -0.3 is 15.0 Å². The number of hydrogen-bond acceptors (Lipinski definition) is 4. The molecule has 0 saturated heterocycles. The topological polar surface area (TPSA) is 76.5 Å². The van der Waals surface area contributed by atoms with E-state index in [9.17, 15) is 9.59 Å². The molecule has 3 rings (SSSR count). The number of nitrogens with zero attached hydrogens (tertiary/aromatic N) is 3. The summed E-state index contributed by atoms with van der Waals surface area (Å²) in [5.74, 6) is 0.415.